The van der Waals surface area contributed by atoms with E-state index in [9.17, 15) is 0 Å². The maximum Gasteiger partial charge on any atom is 0.199 e. The van der Waals surface area contributed by atoms with Crippen LogP contribution in [0.15, 0.2) is 12.4 Å². The highest BCUT2D eigenvalue weighted by molar-refractivity contribution is 5.46. The molecule has 2 aromatic heterocycles. The van der Waals surface area contributed by atoms with Gasteiger partial charge in [0.2, 0.25) is 0 Å². The Kier molecular flexibility index (Phi) is 1.95. The van der Waals surface area contributed by atoms with Gasteiger partial charge in [-0.1, -0.05) is 0 Å². The smallest absolute Gasteiger partial charge is 0.199 e. The molecule has 0 aliphatic carbocycles. The van der Waals surface area contributed by atoms with Crippen LogP contribution in [0.5, 0.6) is 0 Å². The van der Waals surface area contributed by atoms with Gasteiger partial charge in [0, 0.05) is 26.2 Å². The number of piperazine rings is 1. The first kappa shape index (κ1) is 8.54. The Bertz CT molecular complexity index is 459. The fourth-order valence-electron chi connectivity index (χ4n) is 1.77. The summed E-state index contributed by atoms with van der Waals surface area (Å²) in [5, 5.41) is 14.8. The maximum absolute atomic E-state index is 4.13. The van der Waals surface area contributed by atoms with Crippen LogP contribution in [0.25, 0.3) is 5.65 Å². The summed E-state index contributed by atoms with van der Waals surface area (Å²) in [4.78, 5) is 6.36. The van der Waals surface area contributed by atoms with Gasteiger partial charge >= 0.3 is 0 Å². The zero-order valence-electron chi connectivity index (χ0n) is 8.17. The third-order valence-corrected chi connectivity index (χ3v) is 2.53. The van der Waals surface area contributed by atoms with E-state index >= 15 is 0 Å². The molecule has 0 amide bonds. The van der Waals surface area contributed by atoms with Crippen molar-refractivity contribution in [2.75, 3.05) is 31.1 Å². The molecule has 15 heavy (non-hydrogen) atoms. The van der Waals surface area contributed by atoms with Crippen molar-refractivity contribution in [2.45, 2.75) is 0 Å². The minimum atomic E-state index is 0.686. The fourth-order valence-corrected chi connectivity index (χ4v) is 1.77. The summed E-state index contributed by atoms with van der Waals surface area (Å²) in [5.74, 6) is 0.957. The molecule has 0 unspecified atom stereocenters. The van der Waals surface area contributed by atoms with E-state index in [0.29, 0.717) is 5.65 Å². The Labute approximate surface area is 86.1 Å². The van der Waals surface area contributed by atoms with Crippen LogP contribution in [0, 0.1) is 0 Å². The molecule has 0 saturated carbocycles. The van der Waals surface area contributed by atoms with Crippen LogP contribution in [-0.4, -0.2) is 51.2 Å². The van der Waals surface area contributed by atoms with E-state index in [1.807, 2.05) is 0 Å². The Morgan fingerprint density at radius 1 is 1.20 bits per heavy atom. The second kappa shape index (κ2) is 3.43. The van der Waals surface area contributed by atoms with E-state index in [1.54, 1.807) is 16.9 Å². The molecule has 7 nitrogen and oxygen atoms in total. The van der Waals surface area contributed by atoms with Gasteiger partial charge in [0.25, 0.3) is 0 Å². The Morgan fingerprint density at radius 3 is 2.93 bits per heavy atom. The third kappa shape index (κ3) is 1.40. The van der Waals surface area contributed by atoms with Crippen molar-refractivity contribution in [1.29, 1.82) is 0 Å². The quantitative estimate of drug-likeness (QED) is 0.639. The number of hydrogen-bond acceptors (Lipinski definition) is 6. The van der Waals surface area contributed by atoms with Gasteiger partial charge in [0.15, 0.2) is 11.5 Å². The van der Waals surface area contributed by atoms with Crippen LogP contribution in [-0.2, 0) is 0 Å². The summed E-state index contributed by atoms with van der Waals surface area (Å²) in [6.45, 7) is 3.89. The number of fused-ring (bicyclic) bond motifs is 1. The zero-order chi connectivity index (χ0) is 10.1. The highest BCUT2D eigenvalue weighted by atomic mass is 15.5. The van der Waals surface area contributed by atoms with Gasteiger partial charge in [-0.05, 0) is 10.4 Å². The third-order valence-electron chi connectivity index (χ3n) is 2.53. The van der Waals surface area contributed by atoms with E-state index in [4.69, 9.17) is 0 Å². The molecule has 0 bridgehead atoms. The van der Waals surface area contributed by atoms with Gasteiger partial charge in [-0.25, -0.2) is 0 Å². The molecule has 1 N–H and O–H groups in total. The predicted octanol–water partition coefficient (Wildman–Crippen LogP) is -1.07. The lowest BCUT2D eigenvalue weighted by atomic mass is 10.3. The van der Waals surface area contributed by atoms with Crippen molar-refractivity contribution in [1.82, 2.24) is 30.3 Å². The monoisotopic (exact) mass is 205 g/mol. The normalized spacial score (nSPS) is 17.2. The molecule has 3 heterocycles. The molecule has 78 valence electrons. The average molecular weight is 205 g/mol. The molecule has 0 aromatic carbocycles. The van der Waals surface area contributed by atoms with Gasteiger partial charge in [0.05, 0.1) is 12.4 Å². The molecule has 1 fully saturated rings. The lowest BCUT2D eigenvalue weighted by Gasteiger charge is -2.28. The van der Waals surface area contributed by atoms with Crippen molar-refractivity contribution in [2.24, 2.45) is 0 Å². The van der Waals surface area contributed by atoms with E-state index in [0.717, 1.165) is 32.0 Å². The fraction of sp³-hybridized carbons (Fsp3) is 0.500. The molecule has 0 atom stereocenters. The second-order valence-corrected chi connectivity index (χ2v) is 3.45. The van der Waals surface area contributed by atoms with Gasteiger partial charge < -0.3 is 10.2 Å². The van der Waals surface area contributed by atoms with E-state index in [1.165, 1.54) is 0 Å². The SMILES string of the molecule is c1ncc2nnnn2c1N1CCNCC1. The second-order valence-electron chi connectivity index (χ2n) is 3.45. The molecule has 1 aliphatic heterocycles. The van der Waals surface area contributed by atoms with Crippen LogP contribution in [0.1, 0.15) is 0 Å². The average Bonchev–Trinajstić information content (AvgIpc) is 2.78. The highest BCUT2D eigenvalue weighted by Gasteiger charge is 2.14. The predicted molar refractivity (Wildman–Crippen MR) is 53.7 cm³/mol. The van der Waals surface area contributed by atoms with Crippen molar-refractivity contribution in [3.05, 3.63) is 12.4 Å². The summed E-state index contributed by atoms with van der Waals surface area (Å²) in [6, 6.07) is 0. The lowest BCUT2D eigenvalue weighted by molar-refractivity contribution is 0.578. The van der Waals surface area contributed by atoms with Crippen LogP contribution in [0.2, 0.25) is 0 Å². The summed E-state index contributed by atoms with van der Waals surface area (Å²) < 4.78 is 1.72. The summed E-state index contributed by atoms with van der Waals surface area (Å²) >= 11 is 0. The Balaban J connectivity index is 2.05. The van der Waals surface area contributed by atoms with Crippen LogP contribution in [0.4, 0.5) is 5.82 Å². The first-order valence-electron chi connectivity index (χ1n) is 4.93. The van der Waals surface area contributed by atoms with Gasteiger partial charge in [-0.15, -0.1) is 5.10 Å². The number of tetrazole rings is 1. The summed E-state index contributed by atoms with van der Waals surface area (Å²) in [5.41, 5.74) is 0.686. The molecular weight excluding hydrogens is 194 g/mol. The van der Waals surface area contributed by atoms with Gasteiger partial charge in [-0.2, -0.15) is 4.52 Å². The molecule has 7 heteroatoms. The number of rotatable bonds is 1. The van der Waals surface area contributed by atoms with Crippen LogP contribution in [0.3, 0.4) is 0 Å². The molecule has 2 aromatic rings. The molecule has 1 saturated heterocycles. The molecule has 1 aliphatic rings. The minimum Gasteiger partial charge on any atom is -0.353 e. The number of aromatic nitrogens is 5. The van der Waals surface area contributed by atoms with Gasteiger partial charge in [-0.3, -0.25) is 4.98 Å². The van der Waals surface area contributed by atoms with Crippen molar-refractivity contribution in [3.63, 3.8) is 0 Å². The summed E-state index contributed by atoms with van der Waals surface area (Å²) in [7, 11) is 0. The Hall–Kier alpha value is -1.76. The first-order valence-corrected chi connectivity index (χ1v) is 4.93. The topological polar surface area (TPSA) is 71.2 Å². The van der Waals surface area contributed by atoms with Crippen LogP contribution < -0.4 is 10.2 Å². The van der Waals surface area contributed by atoms with E-state index in [2.05, 4.69) is 30.7 Å². The lowest BCUT2D eigenvalue weighted by Crippen LogP contribution is -2.44. The number of hydrogen-bond donors (Lipinski definition) is 1. The first-order chi connectivity index (χ1) is 7.45. The molecule has 3 rings (SSSR count). The van der Waals surface area contributed by atoms with E-state index < -0.39 is 0 Å². The highest BCUT2D eigenvalue weighted by Crippen LogP contribution is 2.12. The molecule has 0 spiro atoms. The summed E-state index contributed by atoms with van der Waals surface area (Å²) in [6.07, 6.45) is 3.46. The number of nitrogens with zero attached hydrogens (tertiary/aromatic N) is 6. The molecule has 0 radical (unpaired) electrons. The van der Waals surface area contributed by atoms with Crippen molar-refractivity contribution < 1.29 is 0 Å². The minimum absolute atomic E-state index is 0.686. The maximum atomic E-state index is 4.13. The number of nitrogens with one attached hydrogen (secondary N) is 1. The number of anilines is 1. The van der Waals surface area contributed by atoms with Crippen molar-refractivity contribution >= 4 is 11.5 Å². The zero-order valence-corrected chi connectivity index (χ0v) is 8.17. The van der Waals surface area contributed by atoms with Crippen molar-refractivity contribution in [3.8, 4) is 0 Å². The standard InChI is InChI=1S/C8H11N7/c1-3-14(4-2-9-1)8-6-10-5-7-11-12-13-15(7)8/h5-6,9H,1-4H2. The van der Waals surface area contributed by atoms with Gasteiger partial charge in [0.1, 0.15) is 0 Å². The van der Waals surface area contributed by atoms with Crippen LogP contribution >= 0.6 is 0 Å². The Morgan fingerprint density at radius 2 is 2.07 bits per heavy atom. The van der Waals surface area contributed by atoms with E-state index in [-0.39, 0.29) is 0 Å². The molecular formula is C8H11N7. The largest absolute Gasteiger partial charge is 0.353 e.